The third kappa shape index (κ3) is 4.67. The van der Waals surface area contributed by atoms with Gasteiger partial charge in [0.25, 0.3) is 0 Å². The molecule has 25 heavy (non-hydrogen) atoms. The van der Waals surface area contributed by atoms with Crippen LogP contribution in [0.1, 0.15) is 24.8 Å². The molecule has 1 aromatic carbocycles. The maximum Gasteiger partial charge on any atom is 0.250 e. The van der Waals surface area contributed by atoms with Crippen molar-refractivity contribution in [1.82, 2.24) is 9.62 Å². The van der Waals surface area contributed by atoms with Crippen molar-refractivity contribution in [3.8, 4) is 10.4 Å². The van der Waals surface area contributed by atoms with E-state index in [1.165, 1.54) is 42.7 Å². The van der Waals surface area contributed by atoms with Crippen LogP contribution in [0.15, 0.2) is 34.5 Å². The molecule has 0 aliphatic carbocycles. The molecule has 2 heterocycles. The highest BCUT2D eigenvalue weighted by molar-refractivity contribution is 7.91. The summed E-state index contributed by atoms with van der Waals surface area (Å²) in [6.07, 6.45) is 3.65. The molecule has 0 radical (unpaired) electrons. The zero-order valence-electron chi connectivity index (χ0n) is 14.3. The van der Waals surface area contributed by atoms with E-state index in [2.05, 4.69) is 9.62 Å². The van der Waals surface area contributed by atoms with Crippen LogP contribution in [0.25, 0.3) is 10.4 Å². The Balaban J connectivity index is 1.65. The number of rotatable bonds is 6. The van der Waals surface area contributed by atoms with Gasteiger partial charge in [-0.3, -0.25) is 0 Å². The molecular formula is C18H23FN2O2S2. The molecule has 7 heteroatoms. The first-order valence-corrected chi connectivity index (χ1v) is 10.8. The molecule has 0 atom stereocenters. The number of nitrogens with zero attached hydrogens (tertiary/aromatic N) is 1. The van der Waals surface area contributed by atoms with Crippen LogP contribution < -0.4 is 4.72 Å². The van der Waals surface area contributed by atoms with Crippen LogP contribution >= 0.6 is 11.3 Å². The largest absolute Gasteiger partial charge is 0.302 e. The van der Waals surface area contributed by atoms with Crippen molar-refractivity contribution in [2.75, 3.05) is 26.2 Å². The summed E-state index contributed by atoms with van der Waals surface area (Å²) in [7, 11) is -3.50. The van der Waals surface area contributed by atoms with Crippen LogP contribution in [0.3, 0.4) is 0 Å². The Morgan fingerprint density at radius 1 is 1.16 bits per heavy atom. The highest BCUT2D eigenvalue weighted by Crippen LogP contribution is 2.32. The lowest BCUT2D eigenvalue weighted by atomic mass is 10.1. The average molecular weight is 383 g/mol. The second-order valence-electron chi connectivity index (χ2n) is 6.38. The van der Waals surface area contributed by atoms with E-state index in [4.69, 9.17) is 0 Å². The summed E-state index contributed by atoms with van der Waals surface area (Å²) in [6, 6.07) is 7.94. The Morgan fingerprint density at radius 2 is 1.92 bits per heavy atom. The minimum Gasteiger partial charge on any atom is -0.302 e. The van der Waals surface area contributed by atoms with Gasteiger partial charge in [0.2, 0.25) is 10.0 Å². The molecule has 1 aliphatic heterocycles. The Kier molecular flexibility index (Phi) is 5.89. The van der Waals surface area contributed by atoms with Crippen molar-refractivity contribution in [3.63, 3.8) is 0 Å². The lowest BCUT2D eigenvalue weighted by molar-refractivity contribution is 0.233. The van der Waals surface area contributed by atoms with E-state index in [0.717, 1.165) is 35.6 Å². The molecule has 0 saturated carbocycles. The Hall–Kier alpha value is -1.28. The molecule has 136 valence electrons. The summed E-state index contributed by atoms with van der Waals surface area (Å²) >= 11 is 1.21. The van der Waals surface area contributed by atoms with Crippen molar-refractivity contribution in [3.05, 3.63) is 41.7 Å². The summed E-state index contributed by atoms with van der Waals surface area (Å²) in [6.45, 7) is 5.09. The van der Waals surface area contributed by atoms with Gasteiger partial charge >= 0.3 is 0 Å². The molecule has 1 aliphatic rings. The van der Waals surface area contributed by atoms with Crippen LogP contribution in [0, 0.1) is 12.7 Å². The van der Waals surface area contributed by atoms with Crippen molar-refractivity contribution in [2.45, 2.75) is 30.4 Å². The van der Waals surface area contributed by atoms with E-state index < -0.39 is 10.0 Å². The quantitative estimate of drug-likeness (QED) is 0.830. The Bertz CT molecular complexity index is 827. The number of sulfonamides is 1. The topological polar surface area (TPSA) is 49.4 Å². The molecule has 2 aromatic rings. The number of hydrogen-bond donors (Lipinski definition) is 1. The fraction of sp³-hybridized carbons (Fsp3) is 0.444. The molecule has 3 rings (SSSR count). The summed E-state index contributed by atoms with van der Waals surface area (Å²) in [4.78, 5) is 3.13. The van der Waals surface area contributed by atoms with E-state index in [0.29, 0.717) is 10.8 Å². The Morgan fingerprint density at radius 3 is 2.64 bits per heavy atom. The molecule has 1 aromatic heterocycles. The zero-order chi connectivity index (χ0) is 17.9. The summed E-state index contributed by atoms with van der Waals surface area (Å²) in [5, 5.41) is 0. The predicted molar refractivity (Wildman–Crippen MR) is 99.9 cm³/mol. The minimum atomic E-state index is -3.50. The molecule has 1 N–H and O–H groups in total. The van der Waals surface area contributed by atoms with E-state index in [-0.39, 0.29) is 5.82 Å². The first kappa shape index (κ1) is 18.5. The third-order valence-corrected chi connectivity index (χ3v) is 7.54. The van der Waals surface area contributed by atoms with Gasteiger partial charge in [0, 0.05) is 18.0 Å². The highest BCUT2D eigenvalue weighted by atomic mass is 32.2. The van der Waals surface area contributed by atoms with Gasteiger partial charge in [-0.15, -0.1) is 11.3 Å². The van der Waals surface area contributed by atoms with Crippen molar-refractivity contribution < 1.29 is 12.8 Å². The standard InChI is InChI=1S/C18H23FN2O2S2/c1-14-13-15(19)5-6-16(14)17-7-8-18(24-17)25(22,23)20-9-12-21-10-3-2-4-11-21/h5-8,13,20H,2-4,9-12H2,1H3. The van der Waals surface area contributed by atoms with E-state index >= 15 is 0 Å². The molecule has 1 fully saturated rings. The molecule has 4 nitrogen and oxygen atoms in total. The summed E-state index contributed by atoms with van der Waals surface area (Å²) in [5.74, 6) is -0.287. The Labute approximate surface area is 152 Å². The van der Waals surface area contributed by atoms with Crippen LogP contribution in [-0.2, 0) is 10.0 Å². The van der Waals surface area contributed by atoms with Gasteiger partial charge in [0.15, 0.2) is 0 Å². The number of nitrogens with one attached hydrogen (secondary N) is 1. The van der Waals surface area contributed by atoms with Crippen molar-refractivity contribution >= 4 is 21.4 Å². The van der Waals surface area contributed by atoms with Crippen molar-refractivity contribution in [1.29, 1.82) is 0 Å². The fourth-order valence-corrected chi connectivity index (χ4v) is 5.57. The van der Waals surface area contributed by atoms with Crippen LogP contribution in [0.2, 0.25) is 0 Å². The molecule has 0 unspecified atom stereocenters. The minimum absolute atomic E-state index is 0.287. The zero-order valence-corrected chi connectivity index (χ0v) is 15.9. The number of likely N-dealkylation sites (tertiary alicyclic amines) is 1. The second-order valence-corrected chi connectivity index (χ2v) is 9.46. The maximum atomic E-state index is 13.2. The first-order valence-electron chi connectivity index (χ1n) is 8.54. The molecular weight excluding hydrogens is 359 g/mol. The fourth-order valence-electron chi connectivity index (χ4n) is 3.11. The lowest BCUT2D eigenvalue weighted by Crippen LogP contribution is -2.37. The predicted octanol–water partition coefficient (Wildman–Crippen LogP) is 3.63. The maximum absolute atomic E-state index is 13.2. The monoisotopic (exact) mass is 382 g/mol. The van der Waals surface area contributed by atoms with Crippen LogP contribution in [-0.4, -0.2) is 39.5 Å². The summed E-state index contributed by atoms with van der Waals surface area (Å²) < 4.78 is 41.2. The second kappa shape index (κ2) is 7.95. The van der Waals surface area contributed by atoms with Gasteiger partial charge in [-0.25, -0.2) is 17.5 Å². The molecule has 0 amide bonds. The van der Waals surface area contributed by atoms with Gasteiger partial charge in [-0.1, -0.05) is 12.5 Å². The normalized spacial score (nSPS) is 16.2. The van der Waals surface area contributed by atoms with E-state index in [1.807, 2.05) is 6.92 Å². The summed E-state index contributed by atoms with van der Waals surface area (Å²) in [5.41, 5.74) is 1.66. The van der Waals surface area contributed by atoms with E-state index in [1.54, 1.807) is 18.2 Å². The van der Waals surface area contributed by atoms with Gasteiger partial charge in [0.05, 0.1) is 0 Å². The number of hydrogen-bond acceptors (Lipinski definition) is 4. The average Bonchev–Trinajstić information content (AvgIpc) is 3.06. The molecule has 1 saturated heterocycles. The van der Waals surface area contributed by atoms with E-state index in [9.17, 15) is 12.8 Å². The van der Waals surface area contributed by atoms with Crippen molar-refractivity contribution in [2.24, 2.45) is 0 Å². The first-order chi connectivity index (χ1) is 12.0. The van der Waals surface area contributed by atoms with Crippen LogP contribution in [0.4, 0.5) is 4.39 Å². The number of halogens is 1. The van der Waals surface area contributed by atoms with Gasteiger partial charge in [-0.05, 0) is 68.2 Å². The third-order valence-electron chi connectivity index (χ3n) is 4.47. The SMILES string of the molecule is Cc1cc(F)ccc1-c1ccc(S(=O)(=O)NCCN2CCCCC2)s1. The number of aryl methyl sites for hydroxylation is 1. The van der Waals surface area contributed by atoms with Gasteiger partial charge < -0.3 is 4.90 Å². The molecule has 0 bridgehead atoms. The lowest BCUT2D eigenvalue weighted by Gasteiger charge is -2.26. The molecule has 0 spiro atoms. The number of benzene rings is 1. The van der Waals surface area contributed by atoms with Crippen LogP contribution in [0.5, 0.6) is 0 Å². The number of thiophene rings is 1. The highest BCUT2D eigenvalue weighted by Gasteiger charge is 2.18. The van der Waals surface area contributed by atoms with Gasteiger partial charge in [-0.2, -0.15) is 0 Å². The number of piperidine rings is 1. The van der Waals surface area contributed by atoms with Gasteiger partial charge in [0.1, 0.15) is 10.0 Å². The smallest absolute Gasteiger partial charge is 0.250 e.